The van der Waals surface area contributed by atoms with Crippen molar-refractivity contribution in [3.63, 3.8) is 0 Å². The molecule has 2 aromatic carbocycles. The Balaban J connectivity index is 1.56. The summed E-state index contributed by atoms with van der Waals surface area (Å²) in [5.74, 6) is 2.36. The van der Waals surface area contributed by atoms with Crippen molar-refractivity contribution in [1.82, 2.24) is 14.8 Å². The maximum atomic E-state index is 6.14. The molecular formula is C27H24ClN3OS. The molecule has 1 aromatic heterocycles. The predicted octanol–water partition coefficient (Wildman–Crippen LogP) is 7.24. The number of allylic oxidation sites excluding steroid dienone is 8. The van der Waals surface area contributed by atoms with Gasteiger partial charge in [0.2, 0.25) is 0 Å². The molecule has 6 heteroatoms. The summed E-state index contributed by atoms with van der Waals surface area (Å²) >= 11 is 7.76. The van der Waals surface area contributed by atoms with Gasteiger partial charge in [0.15, 0.2) is 11.0 Å². The van der Waals surface area contributed by atoms with Crippen molar-refractivity contribution in [3.05, 3.63) is 131 Å². The lowest BCUT2D eigenvalue weighted by Crippen LogP contribution is -2.05. The van der Waals surface area contributed by atoms with Crippen LogP contribution in [0, 0.1) is 0 Å². The van der Waals surface area contributed by atoms with Gasteiger partial charge in [-0.15, -0.1) is 10.2 Å². The smallest absolute Gasteiger partial charge is 0.196 e. The highest BCUT2D eigenvalue weighted by Crippen LogP contribution is 2.27. The number of aromatic nitrogens is 3. The van der Waals surface area contributed by atoms with Crippen molar-refractivity contribution >= 4 is 23.4 Å². The van der Waals surface area contributed by atoms with Crippen molar-refractivity contribution in [2.75, 3.05) is 0 Å². The third-order valence-electron chi connectivity index (χ3n) is 4.85. The lowest BCUT2D eigenvalue weighted by molar-refractivity contribution is 0.185. The quantitative estimate of drug-likeness (QED) is 0.339. The number of halogens is 1. The summed E-state index contributed by atoms with van der Waals surface area (Å²) in [7, 11) is 0. The monoisotopic (exact) mass is 473 g/mol. The Kier molecular flexibility index (Phi) is 8.01. The van der Waals surface area contributed by atoms with E-state index in [0.29, 0.717) is 18.1 Å². The second-order valence-electron chi connectivity index (χ2n) is 7.33. The fraction of sp³-hybridized carbons (Fsp3) is 0.111. The topological polar surface area (TPSA) is 39.9 Å². The van der Waals surface area contributed by atoms with Crippen LogP contribution in [-0.4, -0.2) is 14.8 Å². The van der Waals surface area contributed by atoms with Gasteiger partial charge < -0.3 is 4.74 Å². The zero-order chi connectivity index (χ0) is 22.9. The molecule has 3 aromatic rings. The Bertz CT molecular complexity index is 1210. The Labute approximate surface area is 203 Å². The third-order valence-corrected chi connectivity index (χ3v) is 6.10. The first-order valence-electron chi connectivity index (χ1n) is 10.6. The molecule has 0 amide bonds. The van der Waals surface area contributed by atoms with Crippen LogP contribution >= 0.6 is 23.4 Å². The summed E-state index contributed by atoms with van der Waals surface area (Å²) in [6.45, 7) is 4.29. The van der Waals surface area contributed by atoms with Gasteiger partial charge >= 0.3 is 0 Å². The van der Waals surface area contributed by atoms with Crippen molar-refractivity contribution < 1.29 is 4.74 Å². The minimum absolute atomic E-state index is 0.297. The minimum Gasteiger partial charge on any atom is -0.490 e. The summed E-state index contributed by atoms with van der Waals surface area (Å²) in [5.41, 5.74) is 3.10. The van der Waals surface area contributed by atoms with Gasteiger partial charge in [-0.3, -0.25) is 4.57 Å². The summed E-state index contributed by atoms with van der Waals surface area (Å²) < 4.78 is 8.17. The molecule has 0 N–H and O–H groups in total. The first-order chi connectivity index (χ1) is 16.2. The van der Waals surface area contributed by atoms with Gasteiger partial charge in [-0.2, -0.15) is 0 Å². The lowest BCUT2D eigenvalue weighted by atomic mass is 10.2. The van der Waals surface area contributed by atoms with Crippen molar-refractivity contribution in [1.29, 1.82) is 0 Å². The van der Waals surface area contributed by atoms with Crippen LogP contribution in [0.4, 0.5) is 0 Å². The highest BCUT2D eigenvalue weighted by atomic mass is 35.5. The second kappa shape index (κ2) is 11.5. The Morgan fingerprint density at radius 2 is 1.76 bits per heavy atom. The number of hydrogen-bond donors (Lipinski definition) is 0. The van der Waals surface area contributed by atoms with E-state index in [1.165, 1.54) is 5.56 Å². The summed E-state index contributed by atoms with van der Waals surface area (Å²) in [4.78, 5) is 0. The average molecular weight is 474 g/mol. The van der Waals surface area contributed by atoms with Crippen LogP contribution < -0.4 is 0 Å². The van der Waals surface area contributed by atoms with E-state index in [0.717, 1.165) is 33.8 Å². The molecule has 0 fully saturated rings. The maximum absolute atomic E-state index is 6.14. The van der Waals surface area contributed by atoms with Crippen LogP contribution in [0.3, 0.4) is 0 Å². The molecule has 0 saturated heterocycles. The Hall–Kier alpha value is -3.28. The molecule has 1 heterocycles. The van der Waals surface area contributed by atoms with Gasteiger partial charge in [0, 0.05) is 22.9 Å². The van der Waals surface area contributed by atoms with E-state index in [2.05, 4.69) is 35.0 Å². The number of hydrogen-bond acceptors (Lipinski definition) is 4. The average Bonchev–Trinajstić information content (AvgIpc) is 3.24. The fourth-order valence-corrected chi connectivity index (χ4v) is 4.22. The molecule has 0 unspecified atom stereocenters. The molecule has 0 aliphatic heterocycles. The Morgan fingerprint density at radius 3 is 2.58 bits per heavy atom. The molecular weight excluding hydrogens is 450 g/mol. The van der Waals surface area contributed by atoms with E-state index in [-0.39, 0.29) is 0 Å². The first kappa shape index (κ1) is 22.9. The van der Waals surface area contributed by atoms with E-state index < -0.39 is 0 Å². The molecule has 4 rings (SSSR count). The van der Waals surface area contributed by atoms with Crippen LogP contribution in [0.2, 0.25) is 5.02 Å². The van der Waals surface area contributed by atoms with Gasteiger partial charge in [0.05, 0.1) is 0 Å². The molecule has 1 aliphatic carbocycles. The summed E-state index contributed by atoms with van der Waals surface area (Å²) in [5, 5.41) is 10.4. The minimum atomic E-state index is 0.297. The molecule has 0 bridgehead atoms. The fourth-order valence-electron chi connectivity index (χ4n) is 3.17. The van der Waals surface area contributed by atoms with Crippen LogP contribution in [0.1, 0.15) is 17.8 Å². The molecule has 1 aliphatic rings. The van der Waals surface area contributed by atoms with Crippen LogP contribution in [0.25, 0.3) is 5.69 Å². The Morgan fingerprint density at radius 1 is 0.970 bits per heavy atom. The predicted molar refractivity (Wildman–Crippen MR) is 136 cm³/mol. The van der Waals surface area contributed by atoms with E-state index in [9.17, 15) is 0 Å². The molecule has 0 spiro atoms. The maximum Gasteiger partial charge on any atom is 0.196 e. The first-order valence-corrected chi connectivity index (χ1v) is 11.9. The number of ether oxygens (including phenoxy) is 1. The van der Waals surface area contributed by atoms with Crippen molar-refractivity contribution in [2.24, 2.45) is 0 Å². The normalized spacial score (nSPS) is 18.2. The van der Waals surface area contributed by atoms with E-state index in [1.54, 1.807) is 11.8 Å². The molecule has 166 valence electrons. The summed E-state index contributed by atoms with van der Waals surface area (Å²) in [6, 6.07) is 18.0. The number of nitrogens with zero attached hydrogens (tertiary/aromatic N) is 3. The zero-order valence-electron chi connectivity index (χ0n) is 18.1. The van der Waals surface area contributed by atoms with E-state index in [1.807, 2.05) is 83.5 Å². The van der Waals surface area contributed by atoms with Crippen LogP contribution in [0.5, 0.6) is 0 Å². The molecule has 33 heavy (non-hydrogen) atoms. The highest BCUT2D eigenvalue weighted by Gasteiger charge is 2.16. The van der Waals surface area contributed by atoms with Gasteiger partial charge in [-0.1, -0.05) is 96.7 Å². The standard InChI is InChI=1S/C27H24ClN3OS/c1-21-9-4-2-7-13-25(14-8-10-21)32-19-26-29-30-27(33-20-22-11-5-3-6-12-22)31(26)24-17-15-23(28)16-18-24/h2-12,14-18H,1,13,19-20H2/b7-2-,9-4-,10-8-,25-14+. The highest BCUT2D eigenvalue weighted by molar-refractivity contribution is 7.98. The van der Waals surface area contributed by atoms with Gasteiger partial charge in [-0.25, -0.2) is 0 Å². The molecule has 0 saturated carbocycles. The SMILES string of the molecule is C=C1/C=C\C=C/C/C(OCc2nnc(SCc3ccccc3)n2-c2ccc(Cl)cc2)=C\C=C/1. The lowest BCUT2D eigenvalue weighted by Gasteiger charge is -2.12. The largest absolute Gasteiger partial charge is 0.490 e. The molecule has 0 atom stereocenters. The molecule has 4 nitrogen and oxygen atoms in total. The second-order valence-corrected chi connectivity index (χ2v) is 8.71. The number of rotatable bonds is 7. The molecule has 0 radical (unpaired) electrons. The van der Waals surface area contributed by atoms with Crippen LogP contribution in [-0.2, 0) is 17.1 Å². The van der Waals surface area contributed by atoms with Gasteiger partial charge in [0.1, 0.15) is 12.4 Å². The van der Waals surface area contributed by atoms with Crippen LogP contribution in [0.15, 0.2) is 120 Å². The van der Waals surface area contributed by atoms with Gasteiger partial charge in [-0.05, 0) is 41.5 Å². The van der Waals surface area contributed by atoms with Crippen molar-refractivity contribution in [3.8, 4) is 5.69 Å². The van der Waals surface area contributed by atoms with Gasteiger partial charge in [0.25, 0.3) is 0 Å². The van der Waals surface area contributed by atoms with Crippen molar-refractivity contribution in [2.45, 2.75) is 23.9 Å². The number of benzene rings is 2. The number of thioether (sulfide) groups is 1. The zero-order valence-corrected chi connectivity index (χ0v) is 19.7. The summed E-state index contributed by atoms with van der Waals surface area (Å²) in [6.07, 6.45) is 14.5. The third kappa shape index (κ3) is 6.60. The van der Waals surface area contributed by atoms with E-state index >= 15 is 0 Å². The van der Waals surface area contributed by atoms with E-state index in [4.69, 9.17) is 16.3 Å².